The number of halogens is 1. The number of ether oxygens (including phenoxy) is 1. The van der Waals surface area contributed by atoms with Gasteiger partial charge in [-0.25, -0.2) is 13.2 Å². The minimum atomic E-state index is -3.29. The topological polar surface area (TPSA) is 128 Å². The quantitative estimate of drug-likeness (QED) is 0.377. The zero-order valence-corrected chi connectivity index (χ0v) is 21.2. The van der Waals surface area contributed by atoms with Crippen LogP contribution in [0.3, 0.4) is 0 Å². The number of nitrogens with zero attached hydrogens (tertiary/aromatic N) is 3. The lowest BCUT2D eigenvalue weighted by atomic mass is 9.97. The van der Waals surface area contributed by atoms with Gasteiger partial charge in [-0.3, -0.25) is 4.84 Å². The maximum absolute atomic E-state index is 12.5. The largest absolute Gasteiger partial charge is 0.451 e. The molecule has 0 saturated heterocycles. The second kappa shape index (κ2) is 9.10. The number of carbonyl (C=O) groups excluding carboxylic acids is 1. The Labute approximate surface area is 209 Å². The summed E-state index contributed by atoms with van der Waals surface area (Å²) in [5.41, 5.74) is 4.11. The number of aromatic nitrogens is 3. The predicted octanol–water partition coefficient (Wildman–Crippen LogP) is 4.52. The highest BCUT2D eigenvalue weighted by Crippen LogP contribution is 2.40. The van der Waals surface area contributed by atoms with Gasteiger partial charge in [-0.2, -0.15) is 10.0 Å². The summed E-state index contributed by atoms with van der Waals surface area (Å²) in [6, 6.07) is 12.5. The smallest absolute Gasteiger partial charge is 0.434 e. The van der Waals surface area contributed by atoms with Gasteiger partial charge in [-0.05, 0) is 23.8 Å². The average Bonchev–Trinajstić information content (AvgIpc) is 3.47. The second-order valence-corrected chi connectivity index (χ2v) is 11.3. The summed E-state index contributed by atoms with van der Waals surface area (Å²) in [6.07, 6.45) is -0.621. The zero-order valence-electron chi connectivity index (χ0n) is 18.8. The fourth-order valence-corrected chi connectivity index (χ4v) is 5.10. The summed E-state index contributed by atoms with van der Waals surface area (Å²) in [5, 5.41) is 6.12. The summed E-state index contributed by atoms with van der Waals surface area (Å²) in [5.74, 6) is 0.00392. The molecule has 0 aliphatic carbocycles. The molecule has 10 nitrogen and oxygen atoms in total. The van der Waals surface area contributed by atoms with Crippen molar-refractivity contribution < 1.29 is 27.3 Å². The Morgan fingerprint density at radius 3 is 2.74 bits per heavy atom. The van der Waals surface area contributed by atoms with Crippen LogP contribution in [0.25, 0.3) is 22.3 Å². The molecule has 0 spiro atoms. The van der Waals surface area contributed by atoms with Gasteiger partial charge in [0.05, 0.1) is 12.8 Å². The molecule has 35 heavy (non-hydrogen) atoms. The number of carbonyl (C=O) groups is 1. The summed E-state index contributed by atoms with van der Waals surface area (Å²) in [7, 11) is -1.99. The molecule has 1 unspecified atom stereocenters. The Morgan fingerprint density at radius 2 is 2.03 bits per heavy atom. The van der Waals surface area contributed by atoms with Crippen LogP contribution in [0.4, 0.5) is 4.79 Å². The van der Waals surface area contributed by atoms with Gasteiger partial charge in [-0.15, -0.1) is 0 Å². The summed E-state index contributed by atoms with van der Waals surface area (Å²) >= 11 is 3.51. The minimum absolute atomic E-state index is 0.00768. The SMILES string of the molecule is CCS(=O)(=O)Cc1nc(-c2ccc(C3c4[nH]c5ccc(Br)cc5c4CON3C(=O)OC)cc2)no1. The Morgan fingerprint density at radius 1 is 1.26 bits per heavy atom. The van der Waals surface area contributed by atoms with Crippen LogP contribution in [0, 0.1) is 0 Å². The van der Waals surface area contributed by atoms with Crippen molar-refractivity contribution in [3.63, 3.8) is 0 Å². The molecular formula is C23H21BrN4O6S. The van der Waals surface area contributed by atoms with Crippen molar-refractivity contribution in [3.05, 3.63) is 69.6 Å². The monoisotopic (exact) mass is 560 g/mol. The first kappa shape index (κ1) is 23.5. The van der Waals surface area contributed by atoms with Crippen LogP contribution < -0.4 is 0 Å². The van der Waals surface area contributed by atoms with E-state index in [0.29, 0.717) is 5.56 Å². The molecule has 12 heteroatoms. The Balaban J connectivity index is 1.51. The predicted molar refractivity (Wildman–Crippen MR) is 130 cm³/mol. The molecular weight excluding hydrogens is 540 g/mol. The van der Waals surface area contributed by atoms with E-state index in [1.165, 1.54) is 12.2 Å². The second-order valence-electron chi connectivity index (χ2n) is 7.99. The van der Waals surface area contributed by atoms with E-state index in [4.69, 9.17) is 14.1 Å². The highest BCUT2D eigenvalue weighted by atomic mass is 79.9. The first-order chi connectivity index (χ1) is 16.8. The number of hydrogen-bond donors (Lipinski definition) is 1. The van der Waals surface area contributed by atoms with Gasteiger partial charge in [0.15, 0.2) is 9.84 Å². The molecule has 1 aliphatic rings. The van der Waals surface area contributed by atoms with Crippen molar-refractivity contribution in [1.82, 2.24) is 20.2 Å². The molecule has 1 amide bonds. The van der Waals surface area contributed by atoms with E-state index in [1.807, 2.05) is 30.3 Å². The van der Waals surface area contributed by atoms with E-state index in [2.05, 4.69) is 31.1 Å². The summed E-state index contributed by atoms with van der Waals surface area (Å²) in [4.78, 5) is 26.0. The van der Waals surface area contributed by atoms with Gasteiger partial charge < -0.3 is 14.2 Å². The molecule has 5 rings (SSSR count). The molecule has 3 heterocycles. The molecule has 4 aromatic rings. The molecule has 1 aliphatic heterocycles. The van der Waals surface area contributed by atoms with Gasteiger partial charge >= 0.3 is 6.09 Å². The zero-order chi connectivity index (χ0) is 24.7. The van der Waals surface area contributed by atoms with Crippen molar-refractivity contribution in [1.29, 1.82) is 0 Å². The number of sulfone groups is 1. The number of H-pyrrole nitrogens is 1. The van der Waals surface area contributed by atoms with Crippen LogP contribution in [0.1, 0.15) is 35.7 Å². The number of hydrogen-bond acceptors (Lipinski definition) is 8. The van der Waals surface area contributed by atoms with Gasteiger partial charge in [0.25, 0.3) is 0 Å². The number of aromatic amines is 1. The lowest BCUT2D eigenvalue weighted by Gasteiger charge is -2.33. The summed E-state index contributed by atoms with van der Waals surface area (Å²) < 4.78 is 34.7. The normalized spacial score (nSPS) is 15.9. The third kappa shape index (κ3) is 4.44. The number of fused-ring (bicyclic) bond motifs is 3. The Bertz CT molecular complexity index is 1510. The fraction of sp³-hybridized carbons (Fsp3) is 0.261. The number of methoxy groups -OCH3 is 1. The van der Waals surface area contributed by atoms with Crippen molar-refractivity contribution in [3.8, 4) is 11.4 Å². The first-order valence-electron chi connectivity index (χ1n) is 10.7. The molecule has 0 saturated carbocycles. The van der Waals surface area contributed by atoms with Gasteiger partial charge in [0.2, 0.25) is 11.7 Å². The van der Waals surface area contributed by atoms with Crippen LogP contribution in [0.5, 0.6) is 0 Å². The van der Waals surface area contributed by atoms with E-state index in [1.54, 1.807) is 19.1 Å². The highest BCUT2D eigenvalue weighted by molar-refractivity contribution is 9.10. The highest BCUT2D eigenvalue weighted by Gasteiger charge is 2.37. The first-order valence-corrected chi connectivity index (χ1v) is 13.3. The van der Waals surface area contributed by atoms with E-state index in [-0.39, 0.29) is 29.8 Å². The number of nitrogens with one attached hydrogen (secondary N) is 1. The minimum Gasteiger partial charge on any atom is -0.451 e. The van der Waals surface area contributed by atoms with Gasteiger partial charge in [-0.1, -0.05) is 52.3 Å². The van der Waals surface area contributed by atoms with Crippen molar-refractivity contribution in [2.45, 2.75) is 25.3 Å². The Hall–Kier alpha value is -3.22. The van der Waals surface area contributed by atoms with Crippen LogP contribution >= 0.6 is 15.9 Å². The number of hydroxylamine groups is 2. The fourth-order valence-electron chi connectivity index (χ4n) is 4.04. The van der Waals surface area contributed by atoms with Crippen LogP contribution in [0.15, 0.2) is 51.5 Å². The molecule has 2 aromatic carbocycles. The molecule has 2 aromatic heterocycles. The van der Waals surface area contributed by atoms with E-state index >= 15 is 0 Å². The van der Waals surface area contributed by atoms with Gasteiger partial charge in [0, 0.05) is 32.3 Å². The van der Waals surface area contributed by atoms with E-state index in [9.17, 15) is 13.2 Å². The third-order valence-corrected chi connectivity index (χ3v) is 7.91. The van der Waals surface area contributed by atoms with Crippen molar-refractivity contribution in [2.75, 3.05) is 12.9 Å². The Kier molecular flexibility index (Phi) is 6.11. The third-order valence-electron chi connectivity index (χ3n) is 5.85. The van der Waals surface area contributed by atoms with Crippen molar-refractivity contribution >= 4 is 42.8 Å². The maximum Gasteiger partial charge on any atom is 0.434 e. The number of benzene rings is 2. The average molecular weight is 561 g/mol. The maximum atomic E-state index is 12.5. The summed E-state index contributed by atoms with van der Waals surface area (Å²) in [6.45, 7) is 1.77. The van der Waals surface area contributed by atoms with E-state index < -0.39 is 22.0 Å². The molecule has 0 fully saturated rings. The molecule has 1 N–H and O–H groups in total. The standard InChI is InChI=1S/C23H21BrN4O6S/c1-3-35(30,31)12-19-26-22(27-34-19)14-6-4-13(5-7-14)21-20-17(11-33-28(21)23(29)32-2)16-10-15(24)8-9-18(16)25-20/h4-10,21,25H,3,11-12H2,1-2H3. The van der Waals surface area contributed by atoms with Crippen molar-refractivity contribution in [2.24, 2.45) is 0 Å². The van der Waals surface area contributed by atoms with E-state index in [0.717, 1.165) is 32.2 Å². The van der Waals surface area contributed by atoms with Crippen LogP contribution in [0.2, 0.25) is 0 Å². The molecule has 1 atom stereocenters. The van der Waals surface area contributed by atoms with Crippen LogP contribution in [-0.4, -0.2) is 47.6 Å². The number of amides is 1. The number of rotatable bonds is 5. The lowest BCUT2D eigenvalue weighted by molar-refractivity contribution is -0.173. The molecule has 0 radical (unpaired) electrons. The van der Waals surface area contributed by atoms with Crippen LogP contribution in [-0.2, 0) is 31.8 Å². The molecule has 182 valence electrons. The lowest BCUT2D eigenvalue weighted by Crippen LogP contribution is -2.38. The molecule has 0 bridgehead atoms. The van der Waals surface area contributed by atoms with Gasteiger partial charge in [0.1, 0.15) is 18.4 Å².